The first-order chi connectivity index (χ1) is 14.4. The van der Waals surface area contributed by atoms with Gasteiger partial charge in [0.1, 0.15) is 5.75 Å². The second-order valence-corrected chi connectivity index (χ2v) is 7.32. The first kappa shape index (κ1) is 19.6. The van der Waals surface area contributed by atoms with Gasteiger partial charge in [-0.25, -0.2) is 0 Å². The number of nitrogens with zero attached hydrogens (tertiary/aromatic N) is 3. The van der Waals surface area contributed by atoms with Crippen molar-refractivity contribution in [3.8, 4) is 16.9 Å². The molecule has 3 heterocycles. The average molecular weight is 403 g/mol. The van der Waals surface area contributed by atoms with Gasteiger partial charge in [0.2, 0.25) is 0 Å². The van der Waals surface area contributed by atoms with Crippen LogP contribution in [0.15, 0.2) is 58.6 Å². The summed E-state index contributed by atoms with van der Waals surface area (Å²) in [5.74, 6) is -0.341. The van der Waals surface area contributed by atoms with Crippen molar-refractivity contribution in [3.05, 3.63) is 81.5 Å². The van der Waals surface area contributed by atoms with Crippen LogP contribution in [-0.4, -0.2) is 33.4 Å². The number of carbonyl (C=O) groups is 1. The topological polar surface area (TPSA) is 93.8 Å². The Morgan fingerprint density at radius 2 is 1.97 bits per heavy atom. The van der Waals surface area contributed by atoms with Gasteiger partial charge < -0.3 is 14.4 Å². The van der Waals surface area contributed by atoms with Crippen molar-refractivity contribution in [2.24, 2.45) is 12.0 Å². The Morgan fingerprint density at radius 1 is 1.17 bits per heavy atom. The highest BCUT2D eigenvalue weighted by Gasteiger charge is 2.28. The highest BCUT2D eigenvalue weighted by molar-refractivity contribution is 6.16. The van der Waals surface area contributed by atoms with Gasteiger partial charge >= 0.3 is 5.97 Å². The van der Waals surface area contributed by atoms with Gasteiger partial charge in [-0.2, -0.15) is 0 Å². The van der Waals surface area contributed by atoms with Crippen LogP contribution in [0.3, 0.4) is 0 Å². The monoisotopic (exact) mass is 403 g/mol. The number of rotatable bonds is 4. The molecule has 0 aliphatic carbocycles. The fourth-order valence-electron chi connectivity index (χ4n) is 3.65. The van der Waals surface area contributed by atoms with Crippen molar-refractivity contribution in [1.82, 2.24) is 9.55 Å². The molecule has 1 unspecified atom stereocenters. The summed E-state index contributed by atoms with van der Waals surface area (Å²) in [6.07, 6.45) is 3.25. The van der Waals surface area contributed by atoms with E-state index in [1.54, 1.807) is 26.6 Å². The van der Waals surface area contributed by atoms with Gasteiger partial charge in [-0.1, -0.05) is 6.07 Å². The lowest BCUT2D eigenvalue weighted by molar-refractivity contribution is -0.137. The number of aromatic nitrogens is 2. The molecule has 0 saturated heterocycles. The van der Waals surface area contributed by atoms with Gasteiger partial charge in [0.15, 0.2) is 0 Å². The zero-order chi connectivity index (χ0) is 21.4. The molecule has 3 aromatic rings. The third kappa shape index (κ3) is 3.50. The van der Waals surface area contributed by atoms with E-state index in [0.29, 0.717) is 22.7 Å². The minimum absolute atomic E-state index is 0.216. The predicted octanol–water partition coefficient (Wildman–Crippen LogP) is 3.13. The number of carboxylic acids is 1. The number of fused-ring (bicyclic) bond motifs is 3. The first-order valence-corrected chi connectivity index (χ1v) is 9.49. The zero-order valence-corrected chi connectivity index (χ0v) is 16.9. The molecule has 0 radical (unpaired) electrons. The number of hydrogen-bond acceptors (Lipinski definition) is 5. The molecule has 7 nitrogen and oxygen atoms in total. The Labute approximate surface area is 173 Å². The molecular formula is C23H21N3O4. The minimum atomic E-state index is -0.991. The van der Waals surface area contributed by atoms with Crippen LogP contribution in [0.5, 0.6) is 5.75 Å². The van der Waals surface area contributed by atoms with Crippen LogP contribution in [0.25, 0.3) is 11.1 Å². The van der Waals surface area contributed by atoms with E-state index in [1.165, 1.54) is 10.6 Å². The van der Waals surface area contributed by atoms with Crippen LogP contribution in [0.4, 0.5) is 0 Å². The summed E-state index contributed by atoms with van der Waals surface area (Å²) in [7, 11) is 3.26. The second kappa shape index (κ2) is 7.59. The average Bonchev–Trinajstić information content (AvgIpc) is 2.84. The number of ether oxygens (including phenoxy) is 1. The molecule has 1 aliphatic rings. The van der Waals surface area contributed by atoms with E-state index in [0.717, 1.165) is 22.3 Å². The summed E-state index contributed by atoms with van der Waals surface area (Å²) >= 11 is 0. The van der Waals surface area contributed by atoms with E-state index in [-0.39, 0.29) is 12.0 Å². The zero-order valence-electron chi connectivity index (χ0n) is 16.9. The molecule has 0 amide bonds. The number of methoxy groups -OCH3 is 1. The Balaban J connectivity index is 2.07. The number of aryl methyl sites for hydroxylation is 2. The molecule has 1 atom stereocenters. The lowest BCUT2D eigenvalue weighted by atomic mass is 9.92. The number of pyridine rings is 2. The van der Waals surface area contributed by atoms with Gasteiger partial charge in [-0.15, -0.1) is 0 Å². The van der Waals surface area contributed by atoms with Crippen LogP contribution in [0.2, 0.25) is 0 Å². The fourth-order valence-corrected chi connectivity index (χ4v) is 3.65. The molecule has 0 bridgehead atoms. The van der Waals surface area contributed by atoms with E-state index in [1.807, 2.05) is 37.3 Å². The third-order valence-corrected chi connectivity index (χ3v) is 5.20. The molecule has 30 heavy (non-hydrogen) atoms. The standard InChI is InChI=1S/C23H21N3O4/c1-13-4-7-19(24-11-13)23-17-8-14(30-3)5-6-15(17)18-12-26(2)21(27)9-16(18)20(25-23)10-22(28)29/h4-9,11-12,20H,10H2,1-3H3,(H,28,29). The van der Waals surface area contributed by atoms with Crippen molar-refractivity contribution in [2.45, 2.75) is 19.4 Å². The van der Waals surface area contributed by atoms with Gasteiger partial charge in [-0.05, 0) is 47.9 Å². The summed E-state index contributed by atoms with van der Waals surface area (Å²) in [5.41, 5.74) is 4.97. The summed E-state index contributed by atoms with van der Waals surface area (Å²) in [6, 6.07) is 10.2. The summed E-state index contributed by atoms with van der Waals surface area (Å²) in [4.78, 5) is 33.3. The normalized spacial score (nSPS) is 14.9. The van der Waals surface area contributed by atoms with Crippen LogP contribution in [0, 0.1) is 6.92 Å². The smallest absolute Gasteiger partial charge is 0.305 e. The molecule has 152 valence electrons. The van der Waals surface area contributed by atoms with E-state index in [4.69, 9.17) is 9.73 Å². The Hall–Kier alpha value is -3.74. The summed E-state index contributed by atoms with van der Waals surface area (Å²) in [5, 5.41) is 9.51. The SMILES string of the molecule is COc1ccc2c(c1)C(c1ccc(C)cn1)=NC(CC(=O)O)c1cc(=O)n(C)cc1-2. The highest BCUT2D eigenvalue weighted by atomic mass is 16.5. The van der Waals surface area contributed by atoms with Gasteiger partial charge in [-0.3, -0.25) is 19.6 Å². The summed E-state index contributed by atoms with van der Waals surface area (Å²) < 4.78 is 6.91. The number of aliphatic carboxylic acids is 1. The van der Waals surface area contributed by atoms with Gasteiger partial charge in [0.25, 0.3) is 5.56 Å². The van der Waals surface area contributed by atoms with E-state index < -0.39 is 12.0 Å². The van der Waals surface area contributed by atoms with Crippen molar-refractivity contribution in [3.63, 3.8) is 0 Å². The largest absolute Gasteiger partial charge is 0.497 e. The molecule has 1 aromatic carbocycles. The molecule has 0 saturated carbocycles. The first-order valence-electron chi connectivity index (χ1n) is 9.49. The minimum Gasteiger partial charge on any atom is -0.497 e. The van der Waals surface area contributed by atoms with E-state index >= 15 is 0 Å². The maximum Gasteiger partial charge on any atom is 0.305 e. The maximum atomic E-state index is 12.4. The van der Waals surface area contributed by atoms with Gasteiger partial charge in [0, 0.05) is 36.6 Å². The molecule has 2 aromatic heterocycles. The summed E-state index contributed by atoms with van der Waals surface area (Å²) in [6.45, 7) is 1.95. The van der Waals surface area contributed by atoms with E-state index in [2.05, 4.69) is 4.98 Å². The second-order valence-electron chi connectivity index (χ2n) is 7.32. The molecular weight excluding hydrogens is 382 g/mol. The lowest BCUT2D eigenvalue weighted by Crippen LogP contribution is -2.18. The molecule has 4 rings (SSSR count). The van der Waals surface area contributed by atoms with Gasteiger partial charge in [0.05, 0.1) is 31.0 Å². The van der Waals surface area contributed by atoms with Crippen molar-refractivity contribution < 1.29 is 14.6 Å². The molecule has 1 N–H and O–H groups in total. The maximum absolute atomic E-state index is 12.4. The highest BCUT2D eigenvalue weighted by Crippen LogP contribution is 2.39. The molecule has 0 fully saturated rings. The quantitative estimate of drug-likeness (QED) is 0.722. The van der Waals surface area contributed by atoms with Crippen LogP contribution < -0.4 is 10.3 Å². The van der Waals surface area contributed by atoms with E-state index in [9.17, 15) is 14.7 Å². The van der Waals surface area contributed by atoms with Crippen molar-refractivity contribution in [2.75, 3.05) is 7.11 Å². The van der Waals surface area contributed by atoms with Crippen LogP contribution >= 0.6 is 0 Å². The predicted molar refractivity (Wildman–Crippen MR) is 113 cm³/mol. The van der Waals surface area contributed by atoms with Crippen LogP contribution in [0.1, 0.15) is 34.8 Å². The Morgan fingerprint density at radius 3 is 2.63 bits per heavy atom. The lowest BCUT2D eigenvalue weighted by Gasteiger charge is -2.15. The van der Waals surface area contributed by atoms with Crippen LogP contribution in [-0.2, 0) is 11.8 Å². The molecule has 7 heteroatoms. The molecule has 1 aliphatic heterocycles. The number of aliphatic imine (C=N–C) groups is 1. The fraction of sp³-hybridized carbons (Fsp3) is 0.217. The molecule has 0 spiro atoms. The van der Waals surface area contributed by atoms with Crippen molar-refractivity contribution >= 4 is 11.7 Å². The Kier molecular flexibility index (Phi) is 4.95. The number of carboxylic acid groups (broad SMARTS) is 1. The number of benzene rings is 1. The van der Waals surface area contributed by atoms with Crippen molar-refractivity contribution in [1.29, 1.82) is 0 Å². The Bertz CT molecular complexity index is 1230. The number of hydrogen-bond donors (Lipinski definition) is 1. The third-order valence-electron chi connectivity index (χ3n) is 5.20.